The predicted octanol–water partition coefficient (Wildman–Crippen LogP) is 4.37. The van der Waals surface area contributed by atoms with E-state index in [4.69, 9.17) is 17.3 Å². The fourth-order valence-electron chi connectivity index (χ4n) is 2.22. The van der Waals surface area contributed by atoms with Crippen molar-refractivity contribution >= 4 is 34.3 Å². The second-order valence-corrected chi connectivity index (χ2v) is 7.43. The molecule has 2 atom stereocenters. The first-order valence-corrected chi connectivity index (χ1v) is 8.42. The summed E-state index contributed by atoms with van der Waals surface area (Å²) in [7, 11) is 2.13. The highest BCUT2D eigenvalue weighted by atomic mass is 35.5. The van der Waals surface area contributed by atoms with Gasteiger partial charge in [0.1, 0.15) is 0 Å². The Kier molecular flexibility index (Phi) is 5.42. The summed E-state index contributed by atoms with van der Waals surface area (Å²) in [5, 5.41) is 2.11. The molecule has 5 heteroatoms. The minimum absolute atomic E-state index is 0.152. The Morgan fingerprint density at radius 3 is 2.68 bits per heavy atom. The zero-order valence-corrected chi connectivity index (χ0v) is 13.6. The Morgan fingerprint density at radius 2 is 2.16 bits per heavy atom. The molecule has 2 heterocycles. The lowest BCUT2D eigenvalue weighted by Crippen LogP contribution is -2.37. The van der Waals surface area contributed by atoms with Gasteiger partial charge in [0.15, 0.2) is 0 Å². The maximum atomic E-state index is 6.31. The van der Waals surface area contributed by atoms with Crippen LogP contribution in [-0.4, -0.2) is 18.0 Å². The lowest BCUT2D eigenvalue weighted by atomic mass is 10.0. The van der Waals surface area contributed by atoms with E-state index in [1.807, 2.05) is 6.07 Å². The van der Waals surface area contributed by atoms with Crippen LogP contribution in [0.15, 0.2) is 29.6 Å². The molecule has 2 rings (SSSR count). The monoisotopic (exact) mass is 314 g/mol. The van der Waals surface area contributed by atoms with Crippen LogP contribution in [0.1, 0.15) is 29.1 Å². The van der Waals surface area contributed by atoms with E-state index >= 15 is 0 Å². The predicted molar refractivity (Wildman–Crippen MR) is 86.1 cm³/mol. The maximum Gasteiger partial charge on any atom is 0.0931 e. The summed E-state index contributed by atoms with van der Waals surface area (Å²) in [4.78, 5) is 4.93. The van der Waals surface area contributed by atoms with E-state index in [1.54, 1.807) is 22.7 Å². The molecule has 0 aliphatic carbocycles. The summed E-state index contributed by atoms with van der Waals surface area (Å²) in [5.41, 5.74) is 6.31. The smallest absolute Gasteiger partial charge is 0.0931 e. The van der Waals surface area contributed by atoms with Gasteiger partial charge in [-0.1, -0.05) is 24.6 Å². The van der Waals surface area contributed by atoms with E-state index in [0.717, 1.165) is 17.3 Å². The van der Waals surface area contributed by atoms with Gasteiger partial charge in [-0.05, 0) is 37.0 Å². The molecule has 0 radical (unpaired) electrons. The van der Waals surface area contributed by atoms with Crippen LogP contribution >= 0.6 is 34.3 Å². The highest BCUT2D eigenvalue weighted by Crippen LogP contribution is 2.30. The largest absolute Gasteiger partial charge is 0.326 e. The summed E-state index contributed by atoms with van der Waals surface area (Å²) >= 11 is 9.40. The van der Waals surface area contributed by atoms with E-state index in [-0.39, 0.29) is 12.1 Å². The molecule has 0 spiro atoms. The SMILES string of the molecule is CCC(N)C(c1cccs1)N(C)Cc1ccc(Cl)s1. The van der Waals surface area contributed by atoms with Gasteiger partial charge in [-0.15, -0.1) is 22.7 Å². The first-order valence-electron chi connectivity index (χ1n) is 6.35. The summed E-state index contributed by atoms with van der Waals surface area (Å²) in [6, 6.07) is 8.72. The highest BCUT2D eigenvalue weighted by molar-refractivity contribution is 7.16. The lowest BCUT2D eigenvalue weighted by Gasteiger charge is -2.31. The van der Waals surface area contributed by atoms with Gasteiger partial charge in [0.05, 0.1) is 10.4 Å². The molecule has 2 aromatic heterocycles. The number of halogens is 1. The number of nitrogens with two attached hydrogens (primary N) is 1. The quantitative estimate of drug-likeness (QED) is 0.857. The van der Waals surface area contributed by atoms with Gasteiger partial charge in [-0.25, -0.2) is 0 Å². The van der Waals surface area contributed by atoms with Gasteiger partial charge in [0.25, 0.3) is 0 Å². The number of nitrogens with zero attached hydrogens (tertiary/aromatic N) is 1. The molecule has 0 aliphatic rings. The molecule has 104 valence electrons. The molecule has 0 fully saturated rings. The van der Waals surface area contributed by atoms with Crippen LogP contribution in [0.4, 0.5) is 0 Å². The van der Waals surface area contributed by atoms with Crippen molar-refractivity contribution in [3.8, 4) is 0 Å². The van der Waals surface area contributed by atoms with Gasteiger partial charge in [0.2, 0.25) is 0 Å². The Hall–Kier alpha value is -0.390. The van der Waals surface area contributed by atoms with E-state index < -0.39 is 0 Å². The Bertz CT molecular complexity index is 495. The molecular weight excluding hydrogens is 296 g/mol. The van der Waals surface area contributed by atoms with Gasteiger partial charge >= 0.3 is 0 Å². The van der Waals surface area contributed by atoms with E-state index in [0.29, 0.717) is 0 Å². The molecule has 0 saturated heterocycles. The summed E-state index contributed by atoms with van der Waals surface area (Å²) in [6.45, 7) is 3.02. The standard InChI is InChI=1S/C14H19ClN2S2/c1-3-11(16)14(12-5-4-8-18-12)17(2)9-10-6-7-13(15)19-10/h4-8,11,14H,3,9,16H2,1-2H3. The average Bonchev–Trinajstić information content (AvgIpc) is 3.01. The molecule has 2 nitrogen and oxygen atoms in total. The topological polar surface area (TPSA) is 29.3 Å². The molecular formula is C14H19ClN2S2. The van der Waals surface area contributed by atoms with Crippen molar-refractivity contribution in [1.29, 1.82) is 0 Å². The van der Waals surface area contributed by atoms with Crippen LogP contribution in [-0.2, 0) is 6.54 Å². The normalized spacial score (nSPS) is 14.8. The second-order valence-electron chi connectivity index (χ2n) is 4.65. The lowest BCUT2D eigenvalue weighted by molar-refractivity contribution is 0.206. The first kappa shape index (κ1) is 15.0. The highest BCUT2D eigenvalue weighted by Gasteiger charge is 2.24. The number of hydrogen-bond donors (Lipinski definition) is 1. The van der Waals surface area contributed by atoms with Crippen molar-refractivity contribution in [2.75, 3.05) is 7.05 Å². The minimum Gasteiger partial charge on any atom is -0.326 e. The third-order valence-electron chi connectivity index (χ3n) is 3.22. The summed E-state index contributed by atoms with van der Waals surface area (Å²) in [5.74, 6) is 0. The van der Waals surface area contributed by atoms with Gasteiger partial charge in [-0.3, -0.25) is 4.90 Å². The van der Waals surface area contributed by atoms with Crippen LogP contribution in [0.5, 0.6) is 0 Å². The summed E-state index contributed by atoms with van der Waals surface area (Å²) in [6.07, 6.45) is 0.970. The number of rotatable bonds is 6. The van der Waals surface area contributed by atoms with Gasteiger partial charge in [-0.2, -0.15) is 0 Å². The Balaban J connectivity index is 2.14. The van der Waals surface area contributed by atoms with Crippen LogP contribution < -0.4 is 5.73 Å². The van der Waals surface area contributed by atoms with Crippen molar-refractivity contribution in [3.63, 3.8) is 0 Å². The molecule has 0 aromatic carbocycles. The molecule has 0 amide bonds. The van der Waals surface area contributed by atoms with Crippen LogP contribution in [0.3, 0.4) is 0 Å². The summed E-state index contributed by atoms with van der Waals surface area (Å²) < 4.78 is 0.843. The van der Waals surface area contributed by atoms with E-state index in [9.17, 15) is 0 Å². The van der Waals surface area contributed by atoms with Crippen LogP contribution in [0.25, 0.3) is 0 Å². The van der Waals surface area contributed by atoms with Crippen LogP contribution in [0, 0.1) is 0 Å². The fraction of sp³-hybridized carbons (Fsp3) is 0.429. The second kappa shape index (κ2) is 6.86. The van der Waals surface area contributed by atoms with E-state index in [1.165, 1.54) is 9.75 Å². The maximum absolute atomic E-state index is 6.31. The third kappa shape index (κ3) is 3.80. The van der Waals surface area contributed by atoms with Crippen molar-refractivity contribution in [1.82, 2.24) is 4.90 Å². The molecule has 2 N–H and O–H groups in total. The van der Waals surface area contributed by atoms with E-state index in [2.05, 4.69) is 42.5 Å². The molecule has 0 saturated carbocycles. The Labute approximate surface area is 127 Å². The zero-order chi connectivity index (χ0) is 13.8. The van der Waals surface area contributed by atoms with Crippen molar-refractivity contribution in [2.45, 2.75) is 32.0 Å². The average molecular weight is 315 g/mol. The van der Waals surface area contributed by atoms with Crippen molar-refractivity contribution < 1.29 is 0 Å². The number of thiophene rings is 2. The molecule has 2 unspecified atom stereocenters. The Morgan fingerprint density at radius 1 is 1.37 bits per heavy atom. The molecule has 0 aliphatic heterocycles. The number of hydrogen-bond acceptors (Lipinski definition) is 4. The minimum atomic E-state index is 0.152. The third-order valence-corrected chi connectivity index (χ3v) is 5.38. The zero-order valence-electron chi connectivity index (χ0n) is 11.2. The van der Waals surface area contributed by atoms with Crippen molar-refractivity contribution in [2.24, 2.45) is 5.73 Å². The molecule has 0 bridgehead atoms. The van der Waals surface area contributed by atoms with Crippen molar-refractivity contribution in [3.05, 3.63) is 43.7 Å². The van der Waals surface area contributed by atoms with Gasteiger partial charge in [0, 0.05) is 22.3 Å². The fourth-order valence-corrected chi connectivity index (χ4v) is 4.34. The molecule has 2 aromatic rings. The van der Waals surface area contributed by atoms with Crippen LogP contribution in [0.2, 0.25) is 4.34 Å². The van der Waals surface area contributed by atoms with Gasteiger partial charge < -0.3 is 5.73 Å². The number of likely N-dealkylation sites (N-methyl/N-ethyl adjacent to an activating group) is 1. The first-order chi connectivity index (χ1) is 9.11. The molecule has 19 heavy (non-hydrogen) atoms.